The van der Waals surface area contributed by atoms with Crippen molar-refractivity contribution < 1.29 is 0 Å². The number of nitrogens with zero attached hydrogens (tertiary/aromatic N) is 2. The van der Waals surface area contributed by atoms with Crippen LogP contribution in [-0.2, 0) is 0 Å². The molecule has 0 heterocycles. The first-order valence-corrected chi connectivity index (χ1v) is 2.27. The molecule has 1 atom stereocenters. The maximum absolute atomic E-state index is 3.76. The van der Waals surface area contributed by atoms with Gasteiger partial charge in [-0.25, -0.2) is 0 Å². The van der Waals surface area contributed by atoms with E-state index in [1.165, 1.54) is 0 Å². The van der Waals surface area contributed by atoms with Gasteiger partial charge in [-0.2, -0.15) is 10.2 Å². The second kappa shape index (κ2) is 3.74. The van der Waals surface area contributed by atoms with E-state index in [1.54, 1.807) is 7.05 Å². The normalized spacial score (nSPS) is 15.3. The lowest BCUT2D eigenvalue weighted by atomic mass is 10.6. The Kier molecular flexibility index (Phi) is 3.50. The highest BCUT2D eigenvalue weighted by atomic mass is 15.2. The molecular formula is C4H11N3. The number of hydrogen-bond donors (Lipinski definition) is 1. The Labute approximate surface area is 43.8 Å². The summed E-state index contributed by atoms with van der Waals surface area (Å²) in [7, 11) is 3.51. The lowest BCUT2D eigenvalue weighted by Gasteiger charge is -1.97. The topological polar surface area (TPSA) is 36.8 Å². The van der Waals surface area contributed by atoms with Gasteiger partial charge in [0.15, 0.2) is 0 Å². The molecular weight excluding hydrogens is 90.1 g/mol. The Morgan fingerprint density at radius 3 is 2.29 bits per heavy atom. The van der Waals surface area contributed by atoms with Gasteiger partial charge in [0.1, 0.15) is 6.17 Å². The van der Waals surface area contributed by atoms with Gasteiger partial charge in [-0.3, -0.25) is 5.32 Å². The summed E-state index contributed by atoms with van der Waals surface area (Å²) in [6.07, 6.45) is 0.157. The standard InChI is InChI=1S/C4H11N3/c1-4(5-2)7-6-3/h4-5H,1-3H3. The van der Waals surface area contributed by atoms with Crippen LogP contribution in [0.15, 0.2) is 10.2 Å². The molecule has 0 aromatic carbocycles. The molecule has 0 saturated carbocycles. The Hall–Kier alpha value is -0.440. The average molecular weight is 101 g/mol. The van der Waals surface area contributed by atoms with Crippen LogP contribution in [0.5, 0.6) is 0 Å². The van der Waals surface area contributed by atoms with E-state index in [0.717, 1.165) is 0 Å². The minimum atomic E-state index is 0.157. The lowest BCUT2D eigenvalue weighted by Crippen LogP contribution is -2.17. The van der Waals surface area contributed by atoms with Gasteiger partial charge in [0.2, 0.25) is 0 Å². The first-order chi connectivity index (χ1) is 3.31. The SMILES string of the molecule is CN=NC(C)NC. The third-order valence-corrected chi connectivity index (χ3v) is 0.706. The molecule has 3 nitrogen and oxygen atoms in total. The van der Waals surface area contributed by atoms with Gasteiger partial charge in [0.05, 0.1) is 0 Å². The fourth-order valence-corrected chi connectivity index (χ4v) is 0.231. The van der Waals surface area contributed by atoms with Gasteiger partial charge in [-0.15, -0.1) is 0 Å². The van der Waals surface area contributed by atoms with Gasteiger partial charge in [-0.1, -0.05) is 0 Å². The quantitative estimate of drug-likeness (QED) is 0.509. The summed E-state index contributed by atoms with van der Waals surface area (Å²) in [5.41, 5.74) is 0. The summed E-state index contributed by atoms with van der Waals surface area (Å²) in [6, 6.07) is 0. The van der Waals surface area contributed by atoms with E-state index in [-0.39, 0.29) is 6.17 Å². The summed E-state index contributed by atoms with van der Waals surface area (Å²) >= 11 is 0. The first kappa shape index (κ1) is 6.56. The van der Waals surface area contributed by atoms with Crippen LogP contribution in [-0.4, -0.2) is 20.3 Å². The molecule has 0 radical (unpaired) electrons. The van der Waals surface area contributed by atoms with Crippen molar-refractivity contribution >= 4 is 0 Å². The van der Waals surface area contributed by atoms with Crippen LogP contribution < -0.4 is 5.32 Å². The second-order valence-corrected chi connectivity index (χ2v) is 1.28. The molecule has 42 valence electrons. The van der Waals surface area contributed by atoms with Crippen LogP contribution in [0.4, 0.5) is 0 Å². The molecule has 1 unspecified atom stereocenters. The first-order valence-electron chi connectivity index (χ1n) is 2.27. The Balaban J connectivity index is 3.16. The summed E-state index contributed by atoms with van der Waals surface area (Å²) in [5, 5.41) is 10.2. The lowest BCUT2D eigenvalue weighted by molar-refractivity contribution is 0.608. The predicted molar refractivity (Wildman–Crippen MR) is 29.3 cm³/mol. The van der Waals surface area contributed by atoms with Crippen LogP contribution in [0, 0.1) is 0 Å². The maximum atomic E-state index is 3.76. The Morgan fingerprint density at radius 1 is 1.57 bits per heavy atom. The molecule has 0 amide bonds. The zero-order valence-corrected chi connectivity index (χ0v) is 4.97. The Morgan fingerprint density at radius 2 is 2.14 bits per heavy atom. The van der Waals surface area contributed by atoms with Crippen molar-refractivity contribution in [2.75, 3.05) is 14.1 Å². The highest BCUT2D eigenvalue weighted by Gasteiger charge is 1.86. The summed E-state index contributed by atoms with van der Waals surface area (Å²) < 4.78 is 0. The molecule has 0 saturated heterocycles. The number of nitrogens with one attached hydrogen (secondary N) is 1. The fraction of sp³-hybridized carbons (Fsp3) is 1.00. The summed E-state index contributed by atoms with van der Waals surface area (Å²) in [5.74, 6) is 0. The smallest absolute Gasteiger partial charge is 0.117 e. The molecule has 3 heteroatoms. The van der Waals surface area contributed by atoms with Crippen molar-refractivity contribution in [3.63, 3.8) is 0 Å². The minimum absolute atomic E-state index is 0.157. The molecule has 0 bridgehead atoms. The van der Waals surface area contributed by atoms with Crippen LogP contribution in [0.1, 0.15) is 6.92 Å². The molecule has 0 aromatic rings. The predicted octanol–water partition coefficient (Wildman–Crippen LogP) is 0.634. The van der Waals surface area contributed by atoms with E-state index in [9.17, 15) is 0 Å². The monoisotopic (exact) mass is 101 g/mol. The van der Waals surface area contributed by atoms with E-state index in [4.69, 9.17) is 0 Å². The van der Waals surface area contributed by atoms with E-state index >= 15 is 0 Å². The third kappa shape index (κ3) is 3.39. The largest absolute Gasteiger partial charge is 0.298 e. The molecule has 0 spiro atoms. The zero-order chi connectivity index (χ0) is 5.70. The third-order valence-electron chi connectivity index (χ3n) is 0.706. The molecule has 0 aliphatic heterocycles. The van der Waals surface area contributed by atoms with Crippen molar-refractivity contribution in [2.24, 2.45) is 10.2 Å². The second-order valence-electron chi connectivity index (χ2n) is 1.28. The molecule has 7 heavy (non-hydrogen) atoms. The van der Waals surface area contributed by atoms with Crippen molar-refractivity contribution in [2.45, 2.75) is 13.1 Å². The number of hydrogen-bond acceptors (Lipinski definition) is 3. The van der Waals surface area contributed by atoms with E-state index in [2.05, 4.69) is 15.5 Å². The van der Waals surface area contributed by atoms with Gasteiger partial charge >= 0.3 is 0 Å². The van der Waals surface area contributed by atoms with Gasteiger partial charge < -0.3 is 0 Å². The van der Waals surface area contributed by atoms with E-state index in [1.807, 2.05) is 14.0 Å². The van der Waals surface area contributed by atoms with Crippen molar-refractivity contribution in [1.29, 1.82) is 0 Å². The number of rotatable bonds is 2. The minimum Gasteiger partial charge on any atom is -0.298 e. The summed E-state index contributed by atoms with van der Waals surface area (Å²) in [6.45, 7) is 1.94. The molecule has 0 aromatic heterocycles. The summed E-state index contributed by atoms with van der Waals surface area (Å²) in [4.78, 5) is 0. The molecule has 0 aliphatic carbocycles. The highest BCUT2D eigenvalue weighted by molar-refractivity contribution is 4.45. The molecule has 1 N–H and O–H groups in total. The van der Waals surface area contributed by atoms with Crippen LogP contribution in [0.2, 0.25) is 0 Å². The van der Waals surface area contributed by atoms with Crippen molar-refractivity contribution in [3.8, 4) is 0 Å². The van der Waals surface area contributed by atoms with Crippen molar-refractivity contribution in [3.05, 3.63) is 0 Å². The molecule has 0 aliphatic rings. The maximum Gasteiger partial charge on any atom is 0.117 e. The van der Waals surface area contributed by atoms with E-state index in [0.29, 0.717) is 0 Å². The highest BCUT2D eigenvalue weighted by Crippen LogP contribution is 1.79. The molecule has 0 fully saturated rings. The zero-order valence-electron chi connectivity index (χ0n) is 4.97. The van der Waals surface area contributed by atoms with E-state index < -0.39 is 0 Å². The fourth-order valence-electron chi connectivity index (χ4n) is 0.231. The van der Waals surface area contributed by atoms with Crippen LogP contribution in [0.3, 0.4) is 0 Å². The number of azo groups is 1. The average Bonchev–Trinajstić information content (AvgIpc) is 1.68. The molecule has 0 rings (SSSR count). The van der Waals surface area contributed by atoms with Gasteiger partial charge in [-0.05, 0) is 14.0 Å². The van der Waals surface area contributed by atoms with Crippen LogP contribution >= 0.6 is 0 Å². The van der Waals surface area contributed by atoms with Gasteiger partial charge in [0.25, 0.3) is 0 Å². The van der Waals surface area contributed by atoms with Crippen LogP contribution in [0.25, 0.3) is 0 Å². The Bertz CT molecular complexity index is 60.0. The van der Waals surface area contributed by atoms with Gasteiger partial charge in [0, 0.05) is 7.05 Å². The van der Waals surface area contributed by atoms with Crippen molar-refractivity contribution in [1.82, 2.24) is 5.32 Å².